The summed E-state index contributed by atoms with van der Waals surface area (Å²) in [5.41, 5.74) is 4.15. The largest absolute Gasteiger partial charge is 0.282 e. The maximum Gasteiger partial charge on any atom is 0.267 e. The molecular formula is C30H24N2OS2. The molecule has 1 aliphatic heterocycles. The predicted molar refractivity (Wildman–Crippen MR) is 148 cm³/mol. The lowest BCUT2D eigenvalue weighted by Crippen LogP contribution is -2.28. The van der Waals surface area contributed by atoms with Crippen LogP contribution in [0.15, 0.2) is 129 Å². The van der Waals surface area contributed by atoms with E-state index >= 15 is 0 Å². The Kier molecular flexibility index (Phi) is 7.17. The number of para-hydroxylation sites is 1. The van der Waals surface area contributed by atoms with Gasteiger partial charge in [-0.15, -0.1) is 0 Å². The third-order valence-corrected chi connectivity index (χ3v) is 7.51. The van der Waals surface area contributed by atoms with Crippen LogP contribution < -0.4 is 0 Å². The van der Waals surface area contributed by atoms with Gasteiger partial charge < -0.3 is 0 Å². The number of rotatable bonds is 6. The molecule has 4 aromatic carbocycles. The molecule has 1 fully saturated rings. The Morgan fingerprint density at radius 3 is 2.06 bits per heavy atom. The van der Waals surface area contributed by atoms with Crippen molar-refractivity contribution in [2.24, 2.45) is 4.99 Å². The van der Waals surface area contributed by atoms with Crippen LogP contribution in [0, 0.1) is 6.92 Å². The fraction of sp³-hybridized carbons (Fsp3) is 0.0667. The highest BCUT2D eigenvalue weighted by Gasteiger charge is 2.33. The van der Waals surface area contributed by atoms with Gasteiger partial charge in [0.05, 0.1) is 17.1 Å². The first-order valence-corrected chi connectivity index (χ1v) is 13.0. The first kappa shape index (κ1) is 23.2. The van der Waals surface area contributed by atoms with Crippen LogP contribution >= 0.6 is 23.5 Å². The van der Waals surface area contributed by atoms with Crippen LogP contribution in [0.1, 0.15) is 16.7 Å². The van der Waals surface area contributed by atoms with Crippen LogP contribution in [0.3, 0.4) is 0 Å². The van der Waals surface area contributed by atoms with Gasteiger partial charge in [-0.3, -0.25) is 9.69 Å². The average molecular weight is 493 g/mol. The number of hydrogen-bond acceptors (Lipinski definition) is 4. The Balaban J connectivity index is 1.38. The number of thioether (sulfide) groups is 1. The maximum absolute atomic E-state index is 13.4. The van der Waals surface area contributed by atoms with E-state index in [9.17, 15) is 4.79 Å². The van der Waals surface area contributed by atoms with Crippen LogP contribution in [0.5, 0.6) is 0 Å². The molecule has 0 saturated carbocycles. The van der Waals surface area contributed by atoms with Crippen molar-refractivity contribution in [2.75, 3.05) is 0 Å². The number of benzene rings is 4. The molecule has 1 aliphatic rings. The molecule has 4 aromatic rings. The molecule has 1 amide bonds. The SMILES string of the molecule is Cc1ccc(Sc2ccc(/C=C3\SC(=Nc4ccccc4)N(Cc4ccccc4)C3=O)cc2)cc1. The van der Waals surface area contributed by atoms with Gasteiger partial charge in [0.1, 0.15) is 0 Å². The van der Waals surface area contributed by atoms with Crippen molar-refractivity contribution in [3.63, 3.8) is 0 Å². The second kappa shape index (κ2) is 10.8. The van der Waals surface area contributed by atoms with E-state index in [0.29, 0.717) is 16.6 Å². The summed E-state index contributed by atoms with van der Waals surface area (Å²) in [4.78, 5) is 23.0. The van der Waals surface area contributed by atoms with Crippen LogP contribution in [0.25, 0.3) is 6.08 Å². The number of amides is 1. The number of hydrogen-bond donors (Lipinski definition) is 0. The smallest absolute Gasteiger partial charge is 0.267 e. The Morgan fingerprint density at radius 1 is 0.800 bits per heavy atom. The van der Waals surface area contributed by atoms with Gasteiger partial charge in [0.15, 0.2) is 5.17 Å². The first-order valence-electron chi connectivity index (χ1n) is 11.4. The summed E-state index contributed by atoms with van der Waals surface area (Å²) >= 11 is 3.16. The van der Waals surface area contributed by atoms with Gasteiger partial charge in [0, 0.05) is 9.79 Å². The number of carbonyl (C=O) groups is 1. The second-order valence-corrected chi connectivity index (χ2v) is 10.4. The van der Waals surface area contributed by atoms with Crippen molar-refractivity contribution >= 4 is 46.4 Å². The minimum absolute atomic E-state index is 0.0216. The summed E-state index contributed by atoms with van der Waals surface area (Å²) in [5, 5.41) is 0.697. The molecule has 0 spiro atoms. The quantitative estimate of drug-likeness (QED) is 0.256. The van der Waals surface area contributed by atoms with Crippen molar-refractivity contribution in [3.8, 4) is 0 Å². The van der Waals surface area contributed by atoms with E-state index < -0.39 is 0 Å². The predicted octanol–water partition coefficient (Wildman–Crippen LogP) is 7.95. The van der Waals surface area contributed by atoms with Gasteiger partial charge >= 0.3 is 0 Å². The number of nitrogens with zero attached hydrogens (tertiary/aromatic N) is 2. The highest BCUT2D eigenvalue weighted by Crippen LogP contribution is 2.35. The fourth-order valence-corrected chi connectivity index (χ4v) is 5.45. The molecule has 5 rings (SSSR count). The van der Waals surface area contributed by atoms with Gasteiger partial charge in [-0.05, 0) is 72.3 Å². The summed E-state index contributed by atoms with van der Waals surface area (Å²) in [7, 11) is 0. The third kappa shape index (κ3) is 5.94. The zero-order valence-corrected chi connectivity index (χ0v) is 20.9. The third-order valence-electron chi connectivity index (χ3n) is 5.49. The highest BCUT2D eigenvalue weighted by molar-refractivity contribution is 8.18. The Morgan fingerprint density at radius 2 is 1.40 bits per heavy atom. The van der Waals surface area contributed by atoms with Crippen LogP contribution in [0.4, 0.5) is 5.69 Å². The molecule has 0 aromatic heterocycles. The van der Waals surface area contributed by atoms with Crippen LogP contribution in [0.2, 0.25) is 0 Å². The molecule has 5 heteroatoms. The lowest BCUT2D eigenvalue weighted by Gasteiger charge is -2.15. The van der Waals surface area contributed by atoms with E-state index in [0.717, 1.165) is 16.8 Å². The van der Waals surface area contributed by atoms with Crippen molar-refractivity contribution in [2.45, 2.75) is 23.3 Å². The minimum Gasteiger partial charge on any atom is -0.282 e. The van der Waals surface area contributed by atoms with E-state index in [-0.39, 0.29) is 5.91 Å². The summed E-state index contributed by atoms with van der Waals surface area (Å²) < 4.78 is 0. The number of amidine groups is 1. The lowest BCUT2D eigenvalue weighted by atomic mass is 10.2. The van der Waals surface area contributed by atoms with E-state index in [4.69, 9.17) is 4.99 Å². The molecule has 0 radical (unpaired) electrons. The molecule has 0 N–H and O–H groups in total. The maximum atomic E-state index is 13.4. The van der Waals surface area contributed by atoms with Gasteiger partial charge in [-0.1, -0.05) is 90.1 Å². The van der Waals surface area contributed by atoms with Gasteiger partial charge in [-0.25, -0.2) is 4.99 Å². The fourth-order valence-electron chi connectivity index (χ4n) is 3.64. The van der Waals surface area contributed by atoms with Gasteiger partial charge in [0.2, 0.25) is 0 Å². The standard InChI is InChI=1S/C30H24N2OS2/c1-22-12-16-26(17-13-22)34-27-18-14-23(15-19-27)20-28-29(33)32(21-24-8-4-2-5-9-24)30(35-28)31-25-10-6-3-7-11-25/h2-20H,21H2,1H3/b28-20-,31-30?. The van der Waals surface area contributed by atoms with E-state index in [1.807, 2.05) is 66.7 Å². The van der Waals surface area contributed by atoms with Crippen LogP contribution in [-0.4, -0.2) is 16.0 Å². The highest BCUT2D eigenvalue weighted by atomic mass is 32.2. The minimum atomic E-state index is -0.0216. The molecule has 0 bridgehead atoms. The van der Waals surface area contributed by atoms with E-state index in [1.54, 1.807) is 16.7 Å². The van der Waals surface area contributed by atoms with Gasteiger partial charge in [-0.2, -0.15) is 0 Å². The van der Waals surface area contributed by atoms with E-state index in [2.05, 4.69) is 55.5 Å². The number of carbonyl (C=O) groups excluding carboxylic acids is 1. The van der Waals surface area contributed by atoms with Crippen molar-refractivity contribution in [1.29, 1.82) is 0 Å². The first-order chi connectivity index (χ1) is 17.1. The average Bonchev–Trinajstić information content (AvgIpc) is 3.16. The zero-order chi connectivity index (χ0) is 24.0. The van der Waals surface area contributed by atoms with E-state index in [1.165, 1.54) is 27.1 Å². The van der Waals surface area contributed by atoms with Crippen molar-refractivity contribution in [3.05, 3.63) is 131 Å². The molecular weight excluding hydrogens is 468 g/mol. The Labute approximate surface area is 214 Å². The molecule has 1 saturated heterocycles. The number of aryl methyl sites for hydroxylation is 1. The Hall–Kier alpha value is -3.54. The zero-order valence-electron chi connectivity index (χ0n) is 19.3. The molecule has 35 heavy (non-hydrogen) atoms. The molecule has 3 nitrogen and oxygen atoms in total. The summed E-state index contributed by atoms with van der Waals surface area (Å²) in [6.45, 7) is 2.58. The van der Waals surface area contributed by atoms with Crippen molar-refractivity contribution < 1.29 is 4.79 Å². The molecule has 0 atom stereocenters. The van der Waals surface area contributed by atoms with Crippen LogP contribution in [-0.2, 0) is 11.3 Å². The molecule has 1 heterocycles. The summed E-state index contributed by atoms with van der Waals surface area (Å²) in [6, 6.07) is 36.6. The second-order valence-electron chi connectivity index (χ2n) is 8.20. The monoisotopic (exact) mass is 492 g/mol. The molecule has 0 aliphatic carbocycles. The lowest BCUT2D eigenvalue weighted by molar-refractivity contribution is -0.122. The van der Waals surface area contributed by atoms with Gasteiger partial charge in [0.25, 0.3) is 5.91 Å². The molecule has 0 unspecified atom stereocenters. The summed E-state index contributed by atoms with van der Waals surface area (Å²) in [5.74, 6) is -0.0216. The topological polar surface area (TPSA) is 32.7 Å². The van der Waals surface area contributed by atoms with Crippen molar-refractivity contribution in [1.82, 2.24) is 4.90 Å². The normalized spacial score (nSPS) is 15.8. The number of aliphatic imine (C=N–C) groups is 1. The summed E-state index contributed by atoms with van der Waals surface area (Å²) in [6.07, 6.45) is 1.96. The Bertz CT molecular complexity index is 1360. The molecule has 172 valence electrons.